The Morgan fingerprint density at radius 1 is 1.20 bits per heavy atom. The molecule has 0 aliphatic heterocycles. The summed E-state index contributed by atoms with van der Waals surface area (Å²) in [7, 11) is 0. The van der Waals surface area contributed by atoms with E-state index in [0.29, 0.717) is 24.7 Å². The third kappa shape index (κ3) is 6.71. The van der Waals surface area contributed by atoms with Crippen LogP contribution in [0.15, 0.2) is 24.3 Å². The lowest BCUT2D eigenvalue weighted by Gasteiger charge is -2.08. The second-order valence-corrected chi connectivity index (χ2v) is 5.34. The maximum absolute atomic E-state index is 11.8. The van der Waals surface area contributed by atoms with Gasteiger partial charge in [-0.2, -0.15) is 0 Å². The Kier molecular flexibility index (Phi) is 7.97. The zero-order valence-electron chi connectivity index (χ0n) is 12.9. The van der Waals surface area contributed by atoms with E-state index < -0.39 is 0 Å². The molecule has 0 aromatic heterocycles. The molecule has 112 valence electrons. The van der Waals surface area contributed by atoms with Gasteiger partial charge in [-0.05, 0) is 42.9 Å². The zero-order valence-corrected chi connectivity index (χ0v) is 12.9. The molecule has 1 rings (SSSR count). The molecule has 1 aromatic carbocycles. The number of benzene rings is 1. The van der Waals surface area contributed by atoms with Gasteiger partial charge in [-0.3, -0.25) is 0 Å². The quantitative estimate of drug-likeness (QED) is 0.508. The summed E-state index contributed by atoms with van der Waals surface area (Å²) in [6, 6.07) is 7.56. The van der Waals surface area contributed by atoms with Crippen molar-refractivity contribution in [2.75, 3.05) is 19.8 Å². The minimum atomic E-state index is -0.272. The number of hydrogen-bond donors (Lipinski definition) is 0. The molecule has 0 saturated carbocycles. The van der Waals surface area contributed by atoms with Crippen molar-refractivity contribution < 1.29 is 14.3 Å². The highest BCUT2D eigenvalue weighted by molar-refractivity contribution is 5.89. The summed E-state index contributed by atoms with van der Waals surface area (Å²) in [4.78, 5) is 11.8. The molecule has 0 saturated heterocycles. The third-order valence-electron chi connectivity index (χ3n) is 3.10. The van der Waals surface area contributed by atoms with Gasteiger partial charge >= 0.3 is 5.97 Å². The van der Waals surface area contributed by atoms with Crippen molar-refractivity contribution in [3.8, 4) is 0 Å². The largest absolute Gasteiger partial charge is 0.460 e. The molecule has 0 spiro atoms. The third-order valence-corrected chi connectivity index (χ3v) is 3.10. The first-order valence-electron chi connectivity index (χ1n) is 7.47. The van der Waals surface area contributed by atoms with Crippen LogP contribution in [0.25, 0.3) is 0 Å². The van der Waals surface area contributed by atoms with Gasteiger partial charge in [0.05, 0.1) is 12.2 Å². The minimum Gasteiger partial charge on any atom is -0.460 e. The molecule has 0 unspecified atom stereocenters. The number of rotatable bonds is 9. The van der Waals surface area contributed by atoms with Crippen molar-refractivity contribution in [3.63, 3.8) is 0 Å². The fourth-order valence-corrected chi connectivity index (χ4v) is 1.89. The van der Waals surface area contributed by atoms with E-state index in [1.807, 2.05) is 18.2 Å². The fraction of sp³-hybridized carbons (Fsp3) is 0.588. The Labute approximate surface area is 122 Å². The molecule has 0 N–H and O–H groups in total. The second-order valence-electron chi connectivity index (χ2n) is 5.34. The standard InChI is InChI=1S/C17H26O3/c1-4-15-8-5-9-16(13-15)17(18)20-12-11-19-10-6-7-14(2)3/h5,8-9,13-14H,4,6-7,10-12H2,1-3H3. The van der Waals surface area contributed by atoms with Gasteiger partial charge < -0.3 is 9.47 Å². The average Bonchev–Trinajstić information content (AvgIpc) is 2.45. The molecule has 3 heteroatoms. The predicted molar refractivity (Wildman–Crippen MR) is 81.0 cm³/mol. The Morgan fingerprint density at radius 3 is 2.70 bits per heavy atom. The minimum absolute atomic E-state index is 0.272. The highest BCUT2D eigenvalue weighted by Gasteiger charge is 2.07. The van der Waals surface area contributed by atoms with Gasteiger partial charge in [0.15, 0.2) is 0 Å². The summed E-state index contributed by atoms with van der Waals surface area (Å²) >= 11 is 0. The van der Waals surface area contributed by atoms with E-state index in [9.17, 15) is 4.79 Å². The van der Waals surface area contributed by atoms with Crippen molar-refractivity contribution in [3.05, 3.63) is 35.4 Å². The molecule has 3 nitrogen and oxygen atoms in total. The van der Waals surface area contributed by atoms with E-state index in [0.717, 1.165) is 25.0 Å². The van der Waals surface area contributed by atoms with Crippen LogP contribution >= 0.6 is 0 Å². The summed E-state index contributed by atoms with van der Waals surface area (Å²) in [6.07, 6.45) is 3.15. The first kappa shape index (κ1) is 16.7. The second kappa shape index (κ2) is 9.54. The Balaban J connectivity index is 2.16. The van der Waals surface area contributed by atoms with Crippen LogP contribution in [0.1, 0.15) is 49.5 Å². The van der Waals surface area contributed by atoms with Crippen molar-refractivity contribution in [1.82, 2.24) is 0 Å². The van der Waals surface area contributed by atoms with Gasteiger partial charge in [-0.15, -0.1) is 0 Å². The van der Waals surface area contributed by atoms with Crippen LogP contribution < -0.4 is 0 Å². The summed E-state index contributed by atoms with van der Waals surface area (Å²) in [5.41, 5.74) is 1.76. The molecule has 0 amide bonds. The first-order valence-corrected chi connectivity index (χ1v) is 7.47. The van der Waals surface area contributed by atoms with Crippen LogP contribution in [0, 0.1) is 5.92 Å². The molecule has 0 bridgehead atoms. The van der Waals surface area contributed by atoms with Crippen LogP contribution in [-0.2, 0) is 15.9 Å². The van der Waals surface area contributed by atoms with Gasteiger partial charge in [0.25, 0.3) is 0 Å². The predicted octanol–water partition coefficient (Wildman–Crippen LogP) is 3.86. The molecule has 0 radical (unpaired) electrons. The zero-order chi connectivity index (χ0) is 14.8. The Hall–Kier alpha value is -1.35. The van der Waals surface area contributed by atoms with Crippen LogP contribution in [-0.4, -0.2) is 25.8 Å². The number of aryl methyl sites for hydroxylation is 1. The SMILES string of the molecule is CCc1cccc(C(=O)OCCOCCCC(C)C)c1. The normalized spacial score (nSPS) is 10.8. The Bertz CT molecular complexity index is 399. The van der Waals surface area contributed by atoms with Crippen molar-refractivity contribution >= 4 is 5.97 Å². The van der Waals surface area contributed by atoms with Gasteiger partial charge in [0, 0.05) is 6.61 Å². The molecule has 0 atom stereocenters. The molecular formula is C17H26O3. The monoisotopic (exact) mass is 278 g/mol. The smallest absolute Gasteiger partial charge is 0.338 e. The number of carbonyl (C=O) groups excluding carboxylic acids is 1. The maximum Gasteiger partial charge on any atom is 0.338 e. The summed E-state index contributed by atoms with van der Waals surface area (Å²) in [5.74, 6) is 0.438. The van der Waals surface area contributed by atoms with Crippen LogP contribution in [0.5, 0.6) is 0 Å². The molecule has 0 heterocycles. The van der Waals surface area contributed by atoms with E-state index in [1.54, 1.807) is 6.07 Å². The summed E-state index contributed by atoms with van der Waals surface area (Å²) in [5, 5.41) is 0. The van der Waals surface area contributed by atoms with Gasteiger partial charge in [0.1, 0.15) is 6.61 Å². The number of ether oxygens (including phenoxy) is 2. The maximum atomic E-state index is 11.8. The molecule has 0 aliphatic rings. The molecule has 0 aliphatic carbocycles. The van der Waals surface area contributed by atoms with Crippen molar-refractivity contribution in [2.45, 2.75) is 40.0 Å². The first-order chi connectivity index (χ1) is 9.63. The average molecular weight is 278 g/mol. The van der Waals surface area contributed by atoms with Crippen molar-refractivity contribution in [2.24, 2.45) is 5.92 Å². The molecule has 20 heavy (non-hydrogen) atoms. The highest BCUT2D eigenvalue weighted by atomic mass is 16.6. The fourth-order valence-electron chi connectivity index (χ4n) is 1.89. The van der Waals surface area contributed by atoms with E-state index in [2.05, 4.69) is 20.8 Å². The number of esters is 1. The number of carbonyl (C=O) groups is 1. The summed E-state index contributed by atoms with van der Waals surface area (Å²) < 4.78 is 10.6. The highest BCUT2D eigenvalue weighted by Crippen LogP contribution is 2.07. The van der Waals surface area contributed by atoms with Gasteiger partial charge in [0.2, 0.25) is 0 Å². The van der Waals surface area contributed by atoms with E-state index in [1.165, 1.54) is 6.42 Å². The topological polar surface area (TPSA) is 35.5 Å². The van der Waals surface area contributed by atoms with Crippen LogP contribution in [0.2, 0.25) is 0 Å². The lowest BCUT2D eigenvalue weighted by molar-refractivity contribution is 0.0310. The Morgan fingerprint density at radius 2 is 2.00 bits per heavy atom. The number of hydrogen-bond acceptors (Lipinski definition) is 3. The van der Waals surface area contributed by atoms with E-state index >= 15 is 0 Å². The van der Waals surface area contributed by atoms with E-state index in [-0.39, 0.29) is 5.97 Å². The lowest BCUT2D eigenvalue weighted by Crippen LogP contribution is -2.11. The molecular weight excluding hydrogens is 252 g/mol. The van der Waals surface area contributed by atoms with Crippen LogP contribution in [0.4, 0.5) is 0 Å². The molecule has 1 aromatic rings. The van der Waals surface area contributed by atoms with Gasteiger partial charge in [-0.25, -0.2) is 4.79 Å². The van der Waals surface area contributed by atoms with Crippen molar-refractivity contribution in [1.29, 1.82) is 0 Å². The van der Waals surface area contributed by atoms with Crippen LogP contribution in [0.3, 0.4) is 0 Å². The lowest BCUT2D eigenvalue weighted by atomic mass is 10.1. The van der Waals surface area contributed by atoms with Gasteiger partial charge in [-0.1, -0.05) is 32.9 Å². The molecule has 0 fully saturated rings. The van der Waals surface area contributed by atoms with E-state index in [4.69, 9.17) is 9.47 Å². The summed E-state index contributed by atoms with van der Waals surface area (Å²) in [6.45, 7) is 7.99.